The molecule has 1 N–H and O–H groups in total. The van der Waals surface area contributed by atoms with E-state index in [1.54, 1.807) is 6.08 Å². The highest BCUT2D eigenvalue weighted by Gasteiger charge is 2.00. The molecule has 0 radical (unpaired) electrons. The number of carbonyl (C=O) groups excluding carboxylic acids is 1. The van der Waals surface area contributed by atoms with Gasteiger partial charge in [0.25, 0.3) is 0 Å². The Morgan fingerprint density at radius 1 is 1.00 bits per heavy atom. The zero-order chi connectivity index (χ0) is 17.0. The van der Waals surface area contributed by atoms with Gasteiger partial charge in [-0.2, -0.15) is 0 Å². The summed E-state index contributed by atoms with van der Waals surface area (Å²) in [4.78, 5) is 11.7. The molecule has 2 nitrogen and oxygen atoms in total. The Morgan fingerprint density at radius 2 is 1.64 bits per heavy atom. The maximum Gasteiger partial charge on any atom is 0.159 e. The average molecular weight is 306 g/mol. The summed E-state index contributed by atoms with van der Waals surface area (Å²) >= 11 is 0. The first kappa shape index (κ1) is 20.9. The average Bonchev–Trinajstić information content (AvgIpc) is 2.37. The van der Waals surface area contributed by atoms with Crippen LogP contribution in [-0.2, 0) is 4.79 Å². The number of aliphatic hydroxyl groups excluding tert-OH is 1. The summed E-state index contributed by atoms with van der Waals surface area (Å²) < 4.78 is 0. The van der Waals surface area contributed by atoms with Gasteiger partial charge in [-0.25, -0.2) is 0 Å². The lowest BCUT2D eigenvalue weighted by Crippen LogP contribution is -1.97. The fourth-order valence-corrected chi connectivity index (χ4v) is 2.35. The first-order chi connectivity index (χ1) is 10.3. The molecule has 0 saturated heterocycles. The van der Waals surface area contributed by atoms with Gasteiger partial charge >= 0.3 is 0 Å². The molecule has 0 aliphatic heterocycles. The zero-order valence-corrected chi connectivity index (χ0v) is 15.1. The minimum Gasteiger partial charge on any atom is -0.396 e. The van der Waals surface area contributed by atoms with Crippen LogP contribution in [0.5, 0.6) is 0 Å². The molecule has 0 rings (SSSR count). The lowest BCUT2D eigenvalue weighted by atomic mass is 10.0. The van der Waals surface area contributed by atoms with Crippen molar-refractivity contribution in [2.75, 3.05) is 6.61 Å². The summed E-state index contributed by atoms with van der Waals surface area (Å²) in [6.07, 6.45) is 11.9. The fourth-order valence-electron chi connectivity index (χ4n) is 2.35. The van der Waals surface area contributed by atoms with Gasteiger partial charge in [-0.3, -0.25) is 4.79 Å². The molecule has 126 valence electrons. The van der Waals surface area contributed by atoms with Gasteiger partial charge in [-0.05, 0) is 71.8 Å². The molecule has 22 heavy (non-hydrogen) atoms. The first-order valence-corrected chi connectivity index (χ1v) is 8.45. The van der Waals surface area contributed by atoms with Crippen LogP contribution in [0.2, 0.25) is 0 Å². The van der Waals surface area contributed by atoms with Crippen LogP contribution in [-0.4, -0.2) is 17.5 Å². The lowest BCUT2D eigenvalue weighted by molar-refractivity contribution is -0.114. The largest absolute Gasteiger partial charge is 0.396 e. The normalized spacial score (nSPS) is 13.9. The predicted octanol–water partition coefficient (Wildman–Crippen LogP) is 5.38. The van der Waals surface area contributed by atoms with Crippen molar-refractivity contribution in [3.8, 4) is 0 Å². The van der Waals surface area contributed by atoms with E-state index in [-0.39, 0.29) is 5.78 Å². The van der Waals surface area contributed by atoms with Gasteiger partial charge in [0.05, 0.1) is 0 Å². The molecule has 0 aromatic heterocycles. The van der Waals surface area contributed by atoms with Gasteiger partial charge in [0, 0.05) is 13.0 Å². The van der Waals surface area contributed by atoms with Crippen molar-refractivity contribution in [2.24, 2.45) is 5.92 Å². The number of ketones is 1. The van der Waals surface area contributed by atoms with Crippen LogP contribution in [0.4, 0.5) is 0 Å². The summed E-state index contributed by atoms with van der Waals surface area (Å²) in [5.41, 5.74) is 3.63. The van der Waals surface area contributed by atoms with Crippen LogP contribution in [0.15, 0.2) is 34.9 Å². The van der Waals surface area contributed by atoms with Crippen LogP contribution in [0, 0.1) is 5.92 Å². The van der Waals surface area contributed by atoms with E-state index in [0.29, 0.717) is 18.9 Å². The van der Waals surface area contributed by atoms with Crippen molar-refractivity contribution < 1.29 is 9.90 Å². The number of carbonyl (C=O) groups is 1. The van der Waals surface area contributed by atoms with E-state index in [1.165, 1.54) is 5.57 Å². The third-order valence-electron chi connectivity index (χ3n) is 3.71. The molecule has 0 aromatic carbocycles. The highest BCUT2D eigenvalue weighted by Crippen LogP contribution is 2.14. The predicted molar refractivity (Wildman–Crippen MR) is 95.9 cm³/mol. The fraction of sp³-hybridized carbons (Fsp3) is 0.650. The molecule has 0 saturated carbocycles. The highest BCUT2D eigenvalue weighted by molar-refractivity contribution is 5.91. The quantitative estimate of drug-likeness (QED) is 0.411. The van der Waals surface area contributed by atoms with Crippen molar-refractivity contribution in [3.05, 3.63) is 34.9 Å². The zero-order valence-electron chi connectivity index (χ0n) is 15.1. The van der Waals surface area contributed by atoms with Crippen molar-refractivity contribution in [2.45, 2.75) is 73.1 Å². The smallest absolute Gasteiger partial charge is 0.159 e. The number of hydrogen-bond donors (Lipinski definition) is 1. The Morgan fingerprint density at radius 3 is 2.23 bits per heavy atom. The second kappa shape index (κ2) is 12.4. The van der Waals surface area contributed by atoms with E-state index in [9.17, 15) is 4.79 Å². The molecule has 0 aromatic rings. The van der Waals surface area contributed by atoms with Gasteiger partial charge in [0.1, 0.15) is 0 Å². The van der Waals surface area contributed by atoms with Crippen LogP contribution in [0.1, 0.15) is 73.1 Å². The Bertz CT molecular complexity index is 409. The monoisotopic (exact) mass is 306 g/mol. The van der Waals surface area contributed by atoms with E-state index < -0.39 is 0 Å². The molecule has 0 aliphatic rings. The third kappa shape index (κ3) is 12.6. The number of hydrogen-bond acceptors (Lipinski definition) is 2. The van der Waals surface area contributed by atoms with E-state index >= 15 is 0 Å². The number of rotatable bonds is 11. The Labute approximate surface area is 137 Å². The molecule has 0 amide bonds. The molecular formula is C20H34O2. The molecular weight excluding hydrogens is 272 g/mol. The highest BCUT2D eigenvalue weighted by atomic mass is 16.3. The Kier molecular flexibility index (Phi) is 11.8. The van der Waals surface area contributed by atoms with Gasteiger partial charge < -0.3 is 5.11 Å². The summed E-state index contributed by atoms with van der Waals surface area (Å²) in [6.45, 7) is 10.6. The second-order valence-electron chi connectivity index (χ2n) is 6.70. The molecule has 1 atom stereocenters. The SMILES string of the molecule is CC(C)=CC(=O)CC(C)=CCCC(C)=CCCC(C)CCO. The van der Waals surface area contributed by atoms with Crippen LogP contribution >= 0.6 is 0 Å². The number of allylic oxidation sites excluding steroid dienone is 6. The van der Waals surface area contributed by atoms with Crippen molar-refractivity contribution in [3.63, 3.8) is 0 Å². The molecule has 0 spiro atoms. The van der Waals surface area contributed by atoms with E-state index in [4.69, 9.17) is 5.11 Å². The van der Waals surface area contributed by atoms with Crippen LogP contribution in [0.3, 0.4) is 0 Å². The van der Waals surface area contributed by atoms with Crippen molar-refractivity contribution in [1.82, 2.24) is 0 Å². The minimum absolute atomic E-state index is 0.193. The van der Waals surface area contributed by atoms with Crippen molar-refractivity contribution in [1.29, 1.82) is 0 Å². The third-order valence-corrected chi connectivity index (χ3v) is 3.71. The van der Waals surface area contributed by atoms with Gasteiger partial charge in [-0.15, -0.1) is 0 Å². The summed E-state index contributed by atoms with van der Waals surface area (Å²) in [6, 6.07) is 0. The van der Waals surface area contributed by atoms with Crippen molar-refractivity contribution >= 4 is 5.78 Å². The second-order valence-corrected chi connectivity index (χ2v) is 6.70. The summed E-state index contributed by atoms with van der Waals surface area (Å²) in [5, 5.41) is 8.87. The molecule has 2 heteroatoms. The maximum atomic E-state index is 11.7. The molecule has 0 heterocycles. The molecule has 0 aliphatic carbocycles. The Hall–Kier alpha value is -1.15. The topological polar surface area (TPSA) is 37.3 Å². The molecule has 1 unspecified atom stereocenters. The first-order valence-electron chi connectivity index (χ1n) is 8.45. The van der Waals surface area contributed by atoms with Crippen LogP contribution in [0.25, 0.3) is 0 Å². The van der Waals surface area contributed by atoms with Gasteiger partial charge in [0.15, 0.2) is 5.78 Å². The van der Waals surface area contributed by atoms with Crippen LogP contribution < -0.4 is 0 Å². The molecule has 0 fully saturated rings. The Balaban J connectivity index is 4.03. The van der Waals surface area contributed by atoms with E-state index in [0.717, 1.165) is 43.3 Å². The van der Waals surface area contributed by atoms with E-state index in [2.05, 4.69) is 26.0 Å². The summed E-state index contributed by atoms with van der Waals surface area (Å²) in [5.74, 6) is 0.788. The minimum atomic E-state index is 0.193. The van der Waals surface area contributed by atoms with E-state index in [1.807, 2.05) is 20.8 Å². The van der Waals surface area contributed by atoms with Gasteiger partial charge in [-0.1, -0.05) is 35.8 Å². The standard InChI is InChI=1S/C20H34O2/c1-16(2)14-20(22)15-19(5)11-7-9-17(3)8-6-10-18(4)12-13-21/h8,11,14,18,21H,6-7,9-10,12-13,15H2,1-5H3. The van der Waals surface area contributed by atoms with Gasteiger partial charge in [0.2, 0.25) is 0 Å². The molecule has 0 bridgehead atoms. The maximum absolute atomic E-state index is 11.7. The number of aliphatic hydroxyl groups is 1. The summed E-state index contributed by atoms with van der Waals surface area (Å²) in [7, 11) is 0. The lowest BCUT2D eigenvalue weighted by Gasteiger charge is -2.07.